The minimum Gasteiger partial charge on any atom is -0.342 e. The Morgan fingerprint density at radius 1 is 0.952 bits per heavy atom. The molecule has 4 heteroatoms. The van der Waals surface area contributed by atoms with Crippen molar-refractivity contribution in [2.75, 3.05) is 7.05 Å². The van der Waals surface area contributed by atoms with E-state index in [4.69, 9.17) is 0 Å². The van der Waals surface area contributed by atoms with Crippen LogP contribution in [0.15, 0.2) is 0 Å². The summed E-state index contributed by atoms with van der Waals surface area (Å²) in [5, 5.41) is 3.68. The maximum Gasteiger partial charge on any atom is 0.226 e. The molecular formula is C17H27ClN2O. The topological polar surface area (TPSA) is 32.3 Å². The summed E-state index contributed by atoms with van der Waals surface area (Å²) in [4.78, 5) is 15.0. The van der Waals surface area contributed by atoms with Crippen LogP contribution >= 0.6 is 12.4 Å². The maximum atomic E-state index is 12.9. The summed E-state index contributed by atoms with van der Waals surface area (Å²) in [7, 11) is 2.09. The second kappa shape index (κ2) is 4.86. The van der Waals surface area contributed by atoms with Crippen molar-refractivity contribution in [1.29, 1.82) is 0 Å². The Labute approximate surface area is 133 Å². The number of amides is 1. The molecule has 0 spiro atoms. The van der Waals surface area contributed by atoms with Crippen LogP contribution < -0.4 is 5.32 Å². The molecule has 5 aliphatic rings. The van der Waals surface area contributed by atoms with Gasteiger partial charge in [0.15, 0.2) is 0 Å². The number of carbonyl (C=O) groups is 1. The highest BCUT2D eigenvalue weighted by molar-refractivity contribution is 5.85. The number of fused-ring (bicyclic) bond motifs is 7. The van der Waals surface area contributed by atoms with E-state index in [1.807, 2.05) is 0 Å². The highest BCUT2D eigenvalue weighted by Crippen LogP contribution is 2.69. The number of hydrogen-bond donors (Lipinski definition) is 1. The minimum atomic E-state index is 0. The Hall–Kier alpha value is -0.280. The number of nitrogens with zero attached hydrogens (tertiary/aromatic N) is 1. The zero-order chi connectivity index (χ0) is 13.4. The summed E-state index contributed by atoms with van der Waals surface area (Å²) in [6, 6.07) is 1.88. The number of hydrogen-bond acceptors (Lipinski definition) is 2. The summed E-state index contributed by atoms with van der Waals surface area (Å²) < 4.78 is 0. The van der Waals surface area contributed by atoms with Crippen LogP contribution in [-0.4, -0.2) is 36.0 Å². The smallest absolute Gasteiger partial charge is 0.226 e. The first-order chi connectivity index (χ1) is 9.72. The average Bonchev–Trinajstić information content (AvgIpc) is 2.75. The average molecular weight is 311 g/mol. The fraction of sp³-hybridized carbons (Fsp3) is 0.941. The normalized spacial score (nSPS) is 52.2. The number of piperidine rings is 1. The maximum absolute atomic E-state index is 12.9. The first-order valence-electron chi connectivity index (χ1n) is 8.75. The van der Waals surface area contributed by atoms with E-state index in [0.29, 0.717) is 30.0 Å². The van der Waals surface area contributed by atoms with Gasteiger partial charge in [0.1, 0.15) is 0 Å². The largest absolute Gasteiger partial charge is 0.342 e. The van der Waals surface area contributed by atoms with Gasteiger partial charge in [0.2, 0.25) is 5.91 Å². The van der Waals surface area contributed by atoms with Gasteiger partial charge in [0, 0.05) is 31.1 Å². The Kier molecular flexibility index (Phi) is 3.31. The molecule has 2 heterocycles. The molecule has 1 amide bonds. The van der Waals surface area contributed by atoms with Crippen LogP contribution in [0, 0.1) is 29.6 Å². The van der Waals surface area contributed by atoms with Crippen LogP contribution in [0.25, 0.3) is 0 Å². The Balaban J connectivity index is 0.00000115. The van der Waals surface area contributed by atoms with Crippen LogP contribution in [-0.2, 0) is 4.79 Å². The SMILES string of the molecule is CN(C(=O)C1C2C3CCC(C3)C12)C1CC2CCC(C1)N2.Cl. The second-order valence-electron chi connectivity index (χ2n) is 8.23. The van der Waals surface area contributed by atoms with Crippen molar-refractivity contribution in [3.05, 3.63) is 0 Å². The van der Waals surface area contributed by atoms with Crippen molar-refractivity contribution in [3.8, 4) is 0 Å². The molecule has 3 aliphatic carbocycles. The fourth-order valence-corrected chi connectivity index (χ4v) is 6.41. The van der Waals surface area contributed by atoms with E-state index in [2.05, 4.69) is 17.3 Å². The highest BCUT2D eigenvalue weighted by atomic mass is 35.5. The van der Waals surface area contributed by atoms with E-state index in [1.54, 1.807) is 0 Å². The van der Waals surface area contributed by atoms with Gasteiger partial charge in [0.05, 0.1) is 0 Å². The molecule has 118 valence electrons. The molecule has 2 saturated heterocycles. The van der Waals surface area contributed by atoms with E-state index in [9.17, 15) is 4.79 Å². The minimum absolute atomic E-state index is 0. The first kappa shape index (κ1) is 14.3. The van der Waals surface area contributed by atoms with Crippen LogP contribution in [0.2, 0.25) is 0 Å². The lowest BCUT2D eigenvalue weighted by atomic mass is 9.96. The van der Waals surface area contributed by atoms with Gasteiger partial charge in [0.25, 0.3) is 0 Å². The van der Waals surface area contributed by atoms with Gasteiger partial charge in [-0.25, -0.2) is 0 Å². The Bertz CT molecular complexity index is 428. The summed E-state index contributed by atoms with van der Waals surface area (Å²) in [5.74, 6) is 4.35. The molecule has 21 heavy (non-hydrogen) atoms. The fourth-order valence-electron chi connectivity index (χ4n) is 6.41. The molecular weight excluding hydrogens is 284 g/mol. The molecule has 1 N–H and O–H groups in total. The van der Waals surface area contributed by atoms with Gasteiger partial charge >= 0.3 is 0 Å². The molecule has 0 aromatic rings. The van der Waals surface area contributed by atoms with Crippen molar-refractivity contribution >= 4 is 18.3 Å². The lowest BCUT2D eigenvalue weighted by Gasteiger charge is -2.36. The second-order valence-corrected chi connectivity index (χ2v) is 8.23. The van der Waals surface area contributed by atoms with Crippen LogP contribution in [0.4, 0.5) is 0 Å². The number of carbonyl (C=O) groups excluding carboxylic acids is 1. The van der Waals surface area contributed by atoms with Crippen LogP contribution in [0.3, 0.4) is 0 Å². The van der Waals surface area contributed by atoms with Gasteiger partial charge in [-0.15, -0.1) is 12.4 Å². The molecule has 6 atom stereocenters. The van der Waals surface area contributed by atoms with E-state index < -0.39 is 0 Å². The van der Waals surface area contributed by atoms with Crippen molar-refractivity contribution < 1.29 is 4.79 Å². The monoisotopic (exact) mass is 310 g/mol. The molecule has 3 nitrogen and oxygen atoms in total. The number of rotatable bonds is 2. The van der Waals surface area contributed by atoms with E-state index >= 15 is 0 Å². The lowest BCUT2D eigenvalue weighted by molar-refractivity contribution is -0.135. The lowest BCUT2D eigenvalue weighted by Crippen LogP contribution is -2.49. The van der Waals surface area contributed by atoms with E-state index in [1.165, 1.54) is 44.9 Å². The first-order valence-corrected chi connectivity index (χ1v) is 8.75. The molecule has 0 aromatic heterocycles. The molecule has 0 aromatic carbocycles. The summed E-state index contributed by atoms with van der Waals surface area (Å²) in [5.41, 5.74) is 0. The molecule has 5 fully saturated rings. The van der Waals surface area contributed by atoms with Crippen molar-refractivity contribution in [2.24, 2.45) is 29.6 Å². The van der Waals surface area contributed by atoms with Gasteiger partial charge in [-0.05, 0) is 68.6 Å². The number of halogens is 1. The summed E-state index contributed by atoms with van der Waals surface area (Å²) >= 11 is 0. The van der Waals surface area contributed by atoms with Gasteiger partial charge in [-0.1, -0.05) is 0 Å². The molecule has 2 aliphatic heterocycles. The Morgan fingerprint density at radius 3 is 2.10 bits per heavy atom. The summed E-state index contributed by atoms with van der Waals surface area (Å²) in [6.45, 7) is 0. The van der Waals surface area contributed by atoms with Crippen LogP contribution in [0.1, 0.15) is 44.9 Å². The van der Waals surface area contributed by atoms with Gasteiger partial charge in [-0.2, -0.15) is 0 Å². The Morgan fingerprint density at radius 2 is 1.52 bits per heavy atom. The predicted octanol–water partition coefficient (Wildman–Crippen LogP) is 2.44. The molecule has 4 bridgehead atoms. The summed E-state index contributed by atoms with van der Waals surface area (Å²) in [6.07, 6.45) is 9.29. The standard InChI is InChI=1S/C17H26N2O.ClH/c1-19(13-7-11-4-5-12(8-13)18-11)17(20)16-14-9-2-3-10(6-9)15(14)16;/h9-16,18H,2-8H2,1H3;1H. The van der Waals surface area contributed by atoms with Gasteiger partial charge in [-0.3, -0.25) is 4.79 Å². The van der Waals surface area contributed by atoms with Gasteiger partial charge < -0.3 is 10.2 Å². The quantitative estimate of drug-likeness (QED) is 0.849. The van der Waals surface area contributed by atoms with E-state index in [0.717, 1.165) is 23.7 Å². The predicted molar refractivity (Wildman–Crippen MR) is 84.3 cm³/mol. The van der Waals surface area contributed by atoms with E-state index in [-0.39, 0.29) is 12.4 Å². The van der Waals surface area contributed by atoms with Crippen molar-refractivity contribution in [1.82, 2.24) is 10.2 Å². The zero-order valence-electron chi connectivity index (χ0n) is 12.8. The molecule has 5 rings (SSSR count). The number of nitrogens with one attached hydrogen (secondary N) is 1. The highest BCUT2D eigenvalue weighted by Gasteiger charge is 2.68. The third-order valence-corrected chi connectivity index (χ3v) is 7.36. The third kappa shape index (κ3) is 1.99. The molecule has 3 saturated carbocycles. The van der Waals surface area contributed by atoms with Crippen LogP contribution in [0.5, 0.6) is 0 Å². The molecule has 0 radical (unpaired) electrons. The van der Waals surface area contributed by atoms with Crippen molar-refractivity contribution in [3.63, 3.8) is 0 Å². The van der Waals surface area contributed by atoms with Crippen molar-refractivity contribution in [2.45, 2.75) is 63.1 Å². The zero-order valence-corrected chi connectivity index (χ0v) is 13.6. The third-order valence-electron chi connectivity index (χ3n) is 7.36. The molecule has 6 unspecified atom stereocenters.